The fourth-order valence-corrected chi connectivity index (χ4v) is 3.15. The normalized spacial score (nSPS) is 11.6. The lowest BCUT2D eigenvalue weighted by atomic mass is 9.99. The average Bonchev–Trinajstić information content (AvgIpc) is 2.77. The molecule has 0 saturated heterocycles. The molecule has 0 fully saturated rings. The zero-order valence-electron chi connectivity index (χ0n) is 20.0. The van der Waals surface area contributed by atoms with Crippen LogP contribution >= 0.6 is 0 Å². The molecule has 0 bridgehead atoms. The number of hydrogen-bond donors (Lipinski definition) is 2. The summed E-state index contributed by atoms with van der Waals surface area (Å²) in [6, 6.07) is 7.90. The first kappa shape index (κ1) is 26.3. The minimum atomic E-state index is -0.648. The van der Waals surface area contributed by atoms with Crippen molar-refractivity contribution in [3.8, 4) is 11.1 Å². The van der Waals surface area contributed by atoms with Crippen molar-refractivity contribution in [3.05, 3.63) is 73.1 Å². The zero-order chi connectivity index (χ0) is 25.3. The molecule has 8 heteroatoms. The van der Waals surface area contributed by atoms with Crippen LogP contribution in [0.5, 0.6) is 0 Å². The maximum atomic E-state index is 12.4. The van der Waals surface area contributed by atoms with E-state index in [1.54, 1.807) is 63.4 Å². The first-order valence-corrected chi connectivity index (χ1v) is 10.8. The second-order valence-corrected chi connectivity index (χ2v) is 8.49. The Bertz CT molecular complexity index is 1070. The van der Waals surface area contributed by atoms with Gasteiger partial charge in [-0.15, -0.1) is 13.2 Å². The van der Waals surface area contributed by atoms with Gasteiger partial charge in [-0.25, -0.2) is 9.59 Å². The number of alkyl carbamates (subject to hydrolysis) is 1. The van der Waals surface area contributed by atoms with Gasteiger partial charge in [-0.3, -0.25) is 9.78 Å². The molecule has 1 aromatic carbocycles. The van der Waals surface area contributed by atoms with Gasteiger partial charge < -0.3 is 20.1 Å². The topological polar surface area (TPSA) is 107 Å². The Morgan fingerprint density at radius 3 is 2.47 bits per heavy atom. The molecule has 0 spiro atoms. The van der Waals surface area contributed by atoms with Crippen LogP contribution < -0.4 is 10.6 Å². The Labute approximate surface area is 200 Å². The van der Waals surface area contributed by atoms with Gasteiger partial charge in [0.05, 0.1) is 24.4 Å². The Hall–Kier alpha value is -3.94. The van der Waals surface area contributed by atoms with Crippen LogP contribution in [0.25, 0.3) is 11.1 Å². The van der Waals surface area contributed by atoms with Gasteiger partial charge in [0.15, 0.2) is 0 Å². The fourth-order valence-electron chi connectivity index (χ4n) is 3.15. The molecule has 8 nitrogen and oxygen atoms in total. The molecular formula is C26H31N3O5. The molecule has 2 rings (SSSR count). The van der Waals surface area contributed by atoms with Crippen LogP contribution in [-0.4, -0.2) is 35.7 Å². The summed E-state index contributed by atoms with van der Waals surface area (Å²) >= 11 is 0. The van der Waals surface area contributed by atoms with Gasteiger partial charge in [-0.05, 0) is 63.1 Å². The van der Waals surface area contributed by atoms with Crippen LogP contribution in [0.15, 0.2) is 61.8 Å². The maximum Gasteiger partial charge on any atom is 0.408 e. The van der Waals surface area contributed by atoms with E-state index >= 15 is 0 Å². The number of aromatic nitrogens is 1. The van der Waals surface area contributed by atoms with Crippen LogP contribution in [0.4, 0.5) is 10.5 Å². The van der Waals surface area contributed by atoms with E-state index in [2.05, 4.69) is 28.8 Å². The molecule has 1 aromatic heterocycles. The third-order valence-electron chi connectivity index (χ3n) is 4.59. The van der Waals surface area contributed by atoms with Crippen LogP contribution in [0.3, 0.4) is 0 Å². The summed E-state index contributed by atoms with van der Waals surface area (Å²) in [5, 5.41) is 5.66. The minimum absolute atomic E-state index is 0.140. The summed E-state index contributed by atoms with van der Waals surface area (Å²) in [5.74, 6) is -0.747. The number of hydrogen-bond acceptors (Lipinski definition) is 6. The number of nitrogens with one attached hydrogen (secondary N) is 2. The van der Waals surface area contributed by atoms with E-state index in [0.717, 1.165) is 0 Å². The van der Waals surface area contributed by atoms with Crippen molar-refractivity contribution in [2.75, 3.05) is 12.4 Å². The minimum Gasteiger partial charge on any atom is -0.465 e. The number of rotatable bonds is 9. The third kappa shape index (κ3) is 7.58. The van der Waals surface area contributed by atoms with Crippen molar-refractivity contribution in [2.45, 2.75) is 45.3 Å². The van der Waals surface area contributed by atoms with Gasteiger partial charge >= 0.3 is 12.1 Å². The summed E-state index contributed by atoms with van der Waals surface area (Å²) < 4.78 is 10.2. The molecule has 0 aliphatic carbocycles. The lowest BCUT2D eigenvalue weighted by Crippen LogP contribution is -2.35. The van der Waals surface area contributed by atoms with E-state index < -0.39 is 23.7 Å². The number of carbonyl (C=O) groups excluding carboxylic acids is 3. The van der Waals surface area contributed by atoms with E-state index in [9.17, 15) is 14.4 Å². The van der Waals surface area contributed by atoms with E-state index in [-0.39, 0.29) is 12.3 Å². The molecule has 34 heavy (non-hydrogen) atoms. The van der Waals surface area contributed by atoms with Gasteiger partial charge in [0.25, 0.3) is 0 Å². The lowest BCUT2D eigenvalue weighted by molar-refractivity contribution is -0.115. The van der Waals surface area contributed by atoms with E-state index in [1.165, 1.54) is 13.2 Å². The van der Waals surface area contributed by atoms with Gasteiger partial charge in [-0.1, -0.05) is 12.2 Å². The third-order valence-corrected chi connectivity index (χ3v) is 4.59. The van der Waals surface area contributed by atoms with E-state index in [0.29, 0.717) is 34.5 Å². The highest BCUT2D eigenvalue weighted by atomic mass is 16.6. The molecule has 0 radical (unpaired) electrons. The molecule has 1 heterocycles. The highest BCUT2D eigenvalue weighted by Gasteiger charge is 2.21. The number of esters is 1. The molecule has 2 amide bonds. The first-order valence-electron chi connectivity index (χ1n) is 10.8. The number of benzene rings is 1. The number of carbonyl (C=O) groups is 3. The lowest BCUT2D eigenvalue weighted by Gasteiger charge is -2.23. The Morgan fingerprint density at radius 2 is 1.85 bits per heavy atom. The van der Waals surface area contributed by atoms with Crippen LogP contribution in [0.1, 0.15) is 55.7 Å². The second kappa shape index (κ2) is 11.8. The molecule has 1 atom stereocenters. The monoisotopic (exact) mass is 465 g/mol. The smallest absolute Gasteiger partial charge is 0.408 e. The highest BCUT2D eigenvalue weighted by Crippen LogP contribution is 2.31. The van der Waals surface area contributed by atoms with Crippen LogP contribution in [0, 0.1) is 0 Å². The number of nitrogens with zero attached hydrogens (tertiary/aromatic N) is 1. The predicted octanol–water partition coefficient (Wildman–Crippen LogP) is 5.19. The Balaban J connectivity index is 2.48. The largest absolute Gasteiger partial charge is 0.465 e. The van der Waals surface area contributed by atoms with Crippen molar-refractivity contribution >= 4 is 23.7 Å². The van der Waals surface area contributed by atoms with Crippen molar-refractivity contribution < 1.29 is 23.9 Å². The van der Waals surface area contributed by atoms with Gasteiger partial charge in [0.1, 0.15) is 5.60 Å². The number of pyridine rings is 1. The van der Waals surface area contributed by atoms with Crippen molar-refractivity contribution in [1.29, 1.82) is 0 Å². The van der Waals surface area contributed by atoms with Crippen molar-refractivity contribution in [1.82, 2.24) is 10.3 Å². The number of amides is 2. The molecule has 0 unspecified atom stereocenters. The number of ether oxygens (including phenoxy) is 2. The van der Waals surface area contributed by atoms with Crippen molar-refractivity contribution in [3.63, 3.8) is 0 Å². The average molecular weight is 466 g/mol. The number of methoxy groups -OCH3 is 1. The molecule has 2 aromatic rings. The van der Waals surface area contributed by atoms with Crippen LogP contribution in [0.2, 0.25) is 0 Å². The first-order chi connectivity index (χ1) is 16.1. The SMILES string of the molecule is C=CCC(=O)Nc1ccc(C(=O)OC)cc1-c1ccnc([C@H](CC=C)NC(=O)OC(C)(C)C)c1. The molecule has 180 valence electrons. The predicted molar refractivity (Wildman–Crippen MR) is 131 cm³/mol. The van der Waals surface area contributed by atoms with E-state index in [1.807, 2.05) is 0 Å². The standard InChI is InChI=1S/C26H31N3O5/c1-7-9-21(29-25(32)34-26(3,4)5)22-16-17(13-14-27-22)19-15-18(24(31)33-6)11-12-20(19)28-23(30)10-8-2/h7-8,11-16,21H,1-2,9-10H2,3-6H3,(H,28,30)(H,29,32)/t21-/m0/s1. The molecular weight excluding hydrogens is 434 g/mol. The second-order valence-electron chi connectivity index (χ2n) is 8.49. The summed E-state index contributed by atoms with van der Waals surface area (Å²) in [4.78, 5) is 41.1. The highest BCUT2D eigenvalue weighted by molar-refractivity contribution is 5.99. The Morgan fingerprint density at radius 1 is 1.12 bits per heavy atom. The summed E-state index contributed by atoms with van der Waals surface area (Å²) in [7, 11) is 1.30. The number of anilines is 1. The zero-order valence-corrected chi connectivity index (χ0v) is 20.0. The summed E-state index contributed by atoms with van der Waals surface area (Å²) in [6.45, 7) is 12.7. The maximum absolute atomic E-state index is 12.4. The molecule has 0 saturated carbocycles. The van der Waals surface area contributed by atoms with Gasteiger partial charge in [0, 0.05) is 23.9 Å². The summed E-state index contributed by atoms with van der Waals surface area (Å²) in [6.07, 6.45) is 4.76. The van der Waals surface area contributed by atoms with E-state index in [4.69, 9.17) is 9.47 Å². The molecule has 0 aliphatic heterocycles. The van der Waals surface area contributed by atoms with Crippen molar-refractivity contribution in [2.24, 2.45) is 0 Å². The quantitative estimate of drug-likeness (QED) is 0.390. The Kier molecular flexibility index (Phi) is 9.12. The fraction of sp³-hybridized carbons (Fsp3) is 0.308. The van der Waals surface area contributed by atoms with Gasteiger partial charge in [-0.2, -0.15) is 0 Å². The summed E-state index contributed by atoms with van der Waals surface area (Å²) in [5.41, 5.74) is 2.04. The van der Waals surface area contributed by atoms with Crippen LogP contribution in [-0.2, 0) is 14.3 Å². The molecule has 0 aliphatic rings. The molecule has 2 N–H and O–H groups in total. The van der Waals surface area contributed by atoms with Gasteiger partial charge in [0.2, 0.25) is 5.91 Å².